The van der Waals surface area contributed by atoms with Crippen molar-refractivity contribution in [2.24, 2.45) is 0 Å². The van der Waals surface area contributed by atoms with Gasteiger partial charge in [-0.3, -0.25) is 28.8 Å². The van der Waals surface area contributed by atoms with Crippen molar-refractivity contribution < 1.29 is 66.7 Å². The Balaban J connectivity index is 2.75. The first kappa shape index (κ1) is 37.4. The lowest BCUT2D eigenvalue weighted by atomic mass is 9.87. The molecule has 6 atom stereocenters. The molecule has 16 heteroatoms. The second-order valence-corrected chi connectivity index (χ2v) is 11.2. The number of carbonyl (C=O) groups is 7. The number of hydrogen-bond acceptors (Lipinski definition) is 14. The van der Waals surface area contributed by atoms with Crippen molar-refractivity contribution in [3.8, 4) is 0 Å². The smallest absolute Gasteiger partial charge is 0.367 e. The summed E-state index contributed by atoms with van der Waals surface area (Å²) in [6.45, 7) is 4.21. The Bertz CT molecular complexity index is 1100. The molecule has 45 heavy (non-hydrogen) atoms. The number of likely N-dealkylation sites (N-methyl/N-ethyl adjacent to an activating group) is 1. The molecule has 0 aromatic heterocycles. The summed E-state index contributed by atoms with van der Waals surface area (Å²) in [6.07, 6.45) is -3.58. The van der Waals surface area contributed by atoms with E-state index in [1.807, 2.05) is 0 Å². The number of ether oxygens (including phenoxy) is 7. The molecule has 2 rings (SSSR count). The average Bonchev–Trinajstić information content (AvgIpc) is 2.93. The van der Waals surface area contributed by atoms with Crippen molar-refractivity contribution in [3.05, 3.63) is 0 Å². The van der Waals surface area contributed by atoms with E-state index < -0.39 is 104 Å². The SMILES string of the molecule is CC(=O)N[C@H]1[C@H]([C@H](OC(C)=O)[C@@H](COC(C)=O)OC(C)=O)O[C@@](OC2CCCCC2)(C(=O)OCC(=O)N(C)C)C[C@@H]1OC(C)=O. The van der Waals surface area contributed by atoms with E-state index in [9.17, 15) is 33.6 Å². The van der Waals surface area contributed by atoms with Gasteiger partial charge in [-0.1, -0.05) is 19.3 Å². The van der Waals surface area contributed by atoms with Crippen LogP contribution >= 0.6 is 0 Å². The first-order valence-corrected chi connectivity index (χ1v) is 14.7. The molecule has 0 aromatic carbocycles. The third kappa shape index (κ3) is 11.6. The van der Waals surface area contributed by atoms with Crippen LogP contribution < -0.4 is 5.32 Å². The van der Waals surface area contributed by atoms with Gasteiger partial charge in [0.25, 0.3) is 11.7 Å². The predicted octanol–water partition coefficient (Wildman–Crippen LogP) is 0.315. The van der Waals surface area contributed by atoms with Crippen LogP contribution in [0.1, 0.15) is 73.1 Å². The zero-order valence-electron chi connectivity index (χ0n) is 26.8. The molecule has 1 saturated heterocycles. The van der Waals surface area contributed by atoms with Crippen LogP contribution in [-0.4, -0.2) is 116 Å². The van der Waals surface area contributed by atoms with E-state index in [0.717, 1.165) is 47.0 Å². The van der Waals surface area contributed by atoms with Gasteiger partial charge in [-0.15, -0.1) is 0 Å². The molecular formula is C29H44N2O14. The highest BCUT2D eigenvalue weighted by molar-refractivity contribution is 5.83. The number of nitrogens with one attached hydrogen (secondary N) is 1. The predicted molar refractivity (Wildman–Crippen MR) is 151 cm³/mol. The highest BCUT2D eigenvalue weighted by Crippen LogP contribution is 2.39. The lowest BCUT2D eigenvalue weighted by molar-refractivity contribution is -0.327. The molecule has 1 N–H and O–H groups in total. The highest BCUT2D eigenvalue weighted by Gasteiger charge is 2.60. The Morgan fingerprint density at radius 1 is 0.844 bits per heavy atom. The molecule has 2 aliphatic rings. The summed E-state index contributed by atoms with van der Waals surface area (Å²) < 4.78 is 39.6. The summed E-state index contributed by atoms with van der Waals surface area (Å²) in [4.78, 5) is 88.4. The van der Waals surface area contributed by atoms with Crippen LogP contribution in [0.4, 0.5) is 0 Å². The Morgan fingerprint density at radius 3 is 1.98 bits per heavy atom. The number of esters is 5. The van der Waals surface area contributed by atoms with E-state index >= 15 is 0 Å². The first-order valence-electron chi connectivity index (χ1n) is 14.7. The number of rotatable bonds is 13. The normalized spacial score (nSPS) is 24.6. The second kappa shape index (κ2) is 17.1. The van der Waals surface area contributed by atoms with Crippen LogP contribution in [0.15, 0.2) is 0 Å². The summed E-state index contributed by atoms with van der Waals surface area (Å²) in [5.41, 5.74) is 0. The highest BCUT2D eigenvalue weighted by atomic mass is 16.7. The van der Waals surface area contributed by atoms with E-state index in [2.05, 4.69) is 5.32 Å². The molecule has 1 saturated carbocycles. The van der Waals surface area contributed by atoms with Gasteiger partial charge in [0.05, 0.1) is 18.6 Å². The molecule has 1 aliphatic heterocycles. The molecule has 254 valence electrons. The van der Waals surface area contributed by atoms with E-state index in [-0.39, 0.29) is 0 Å². The van der Waals surface area contributed by atoms with Crippen molar-refractivity contribution in [2.75, 3.05) is 27.3 Å². The molecule has 0 radical (unpaired) electrons. The van der Waals surface area contributed by atoms with Crippen LogP contribution in [-0.2, 0) is 66.7 Å². The maximum Gasteiger partial charge on any atom is 0.367 e. The number of nitrogens with zero attached hydrogens (tertiary/aromatic N) is 1. The fourth-order valence-electron chi connectivity index (χ4n) is 5.18. The monoisotopic (exact) mass is 644 g/mol. The minimum Gasteiger partial charge on any atom is -0.462 e. The minimum atomic E-state index is -2.35. The molecule has 1 aliphatic carbocycles. The molecule has 0 aromatic rings. The first-order chi connectivity index (χ1) is 21.0. The third-order valence-electron chi connectivity index (χ3n) is 7.04. The van der Waals surface area contributed by atoms with Gasteiger partial charge < -0.3 is 43.4 Å². The Hall–Kier alpha value is -3.79. The third-order valence-corrected chi connectivity index (χ3v) is 7.04. The van der Waals surface area contributed by atoms with Gasteiger partial charge in [0, 0.05) is 48.7 Å². The standard InChI is InChI=1S/C29H44N2O14/c1-16(32)30-25-22(41-18(3)34)13-29(44-21-11-9-8-10-12-21,28(38)40-15-24(37)31(6)7)45-27(25)26(43-20(5)36)23(42-19(4)35)14-39-17(2)33/h21-23,25-27H,8-15H2,1-7H3,(H,30,32)/t22-,23+,25+,26+,27+,29+/m0/s1. The molecule has 0 bridgehead atoms. The Kier molecular flexibility index (Phi) is 14.2. The molecule has 0 unspecified atom stereocenters. The van der Waals surface area contributed by atoms with E-state index in [1.165, 1.54) is 25.9 Å². The van der Waals surface area contributed by atoms with Crippen LogP contribution in [0.5, 0.6) is 0 Å². The van der Waals surface area contributed by atoms with Gasteiger partial charge >= 0.3 is 29.8 Å². The summed E-state index contributed by atoms with van der Waals surface area (Å²) in [5, 5.41) is 2.61. The van der Waals surface area contributed by atoms with Crippen LogP contribution in [0.25, 0.3) is 0 Å². The van der Waals surface area contributed by atoms with Crippen molar-refractivity contribution in [3.63, 3.8) is 0 Å². The van der Waals surface area contributed by atoms with Gasteiger partial charge in [0.15, 0.2) is 18.8 Å². The van der Waals surface area contributed by atoms with Crippen molar-refractivity contribution >= 4 is 41.7 Å². The summed E-state index contributed by atoms with van der Waals surface area (Å²) >= 11 is 0. The van der Waals surface area contributed by atoms with Crippen molar-refractivity contribution in [1.82, 2.24) is 10.2 Å². The van der Waals surface area contributed by atoms with E-state index in [4.69, 9.17) is 33.2 Å². The Morgan fingerprint density at radius 2 is 1.47 bits per heavy atom. The van der Waals surface area contributed by atoms with Gasteiger partial charge in [-0.2, -0.15) is 0 Å². The summed E-state index contributed by atoms with van der Waals surface area (Å²) in [5.74, 6) is -7.94. The molecular weight excluding hydrogens is 600 g/mol. The number of amides is 2. The summed E-state index contributed by atoms with van der Waals surface area (Å²) in [7, 11) is 2.93. The molecule has 1 heterocycles. The molecule has 2 fully saturated rings. The zero-order chi connectivity index (χ0) is 33.9. The van der Waals surface area contributed by atoms with E-state index in [1.54, 1.807) is 0 Å². The van der Waals surface area contributed by atoms with Crippen LogP contribution in [0.2, 0.25) is 0 Å². The average molecular weight is 645 g/mol. The second-order valence-electron chi connectivity index (χ2n) is 11.2. The lowest BCUT2D eigenvalue weighted by Crippen LogP contribution is -2.69. The van der Waals surface area contributed by atoms with E-state index in [0.29, 0.717) is 12.8 Å². The van der Waals surface area contributed by atoms with Gasteiger partial charge in [0.2, 0.25) is 5.91 Å². The largest absolute Gasteiger partial charge is 0.462 e. The molecule has 2 amide bonds. The van der Waals surface area contributed by atoms with Crippen LogP contribution in [0.3, 0.4) is 0 Å². The number of carbonyl (C=O) groups excluding carboxylic acids is 7. The fraction of sp³-hybridized carbons (Fsp3) is 0.759. The Labute approximate surface area is 261 Å². The lowest BCUT2D eigenvalue weighted by Gasteiger charge is -2.49. The van der Waals surface area contributed by atoms with Crippen molar-refractivity contribution in [2.45, 2.75) is 115 Å². The minimum absolute atomic E-state index is 0.492. The molecule has 0 spiro atoms. The maximum atomic E-state index is 13.9. The van der Waals surface area contributed by atoms with Crippen molar-refractivity contribution in [1.29, 1.82) is 0 Å². The quantitative estimate of drug-likeness (QED) is 0.212. The maximum absolute atomic E-state index is 13.9. The zero-order valence-corrected chi connectivity index (χ0v) is 26.8. The summed E-state index contributed by atoms with van der Waals surface area (Å²) in [6, 6.07) is -1.31. The van der Waals surface area contributed by atoms with Gasteiger partial charge in [-0.25, -0.2) is 4.79 Å². The van der Waals surface area contributed by atoms with Gasteiger partial charge in [-0.05, 0) is 12.8 Å². The number of hydrogen-bond donors (Lipinski definition) is 1. The van der Waals surface area contributed by atoms with Gasteiger partial charge in [0.1, 0.15) is 18.8 Å². The van der Waals surface area contributed by atoms with Crippen LogP contribution in [0, 0.1) is 0 Å². The fourth-order valence-corrected chi connectivity index (χ4v) is 5.18. The topological polar surface area (TPSA) is 199 Å². The molecule has 16 nitrogen and oxygen atoms in total.